The van der Waals surface area contributed by atoms with E-state index >= 15 is 0 Å². The lowest BCUT2D eigenvalue weighted by atomic mass is 9.85. The first-order valence-electron chi connectivity index (χ1n) is 9.50. The van der Waals surface area contributed by atoms with Crippen molar-refractivity contribution >= 4 is 17.8 Å². The minimum atomic E-state index is 0.623. The average Bonchev–Trinajstić information content (AvgIpc) is 2.82. The smallest absolute Gasteiger partial charge is 0.0452 e. The minimum Gasteiger partial charge on any atom is -0.381 e. The van der Waals surface area contributed by atoms with Crippen molar-refractivity contribution in [3.05, 3.63) is 58.9 Å². The second-order valence-electron chi connectivity index (χ2n) is 7.79. The Morgan fingerprint density at radius 1 is 1.12 bits per heavy atom. The van der Waals surface area contributed by atoms with E-state index in [-0.39, 0.29) is 0 Å². The van der Waals surface area contributed by atoms with Gasteiger partial charge in [0.05, 0.1) is 0 Å². The van der Waals surface area contributed by atoms with E-state index in [1.54, 1.807) is 0 Å². The summed E-state index contributed by atoms with van der Waals surface area (Å²) in [6, 6.07) is 11.6. The minimum absolute atomic E-state index is 0.623. The van der Waals surface area contributed by atoms with Gasteiger partial charge in [-0.05, 0) is 61.5 Å². The molecule has 1 aromatic carbocycles. The van der Waals surface area contributed by atoms with Crippen LogP contribution < -0.4 is 5.32 Å². The van der Waals surface area contributed by atoms with Crippen molar-refractivity contribution in [2.24, 2.45) is 5.92 Å². The van der Waals surface area contributed by atoms with Crippen LogP contribution in [0.25, 0.3) is 12.2 Å². The zero-order valence-electron chi connectivity index (χ0n) is 14.8. The van der Waals surface area contributed by atoms with Crippen molar-refractivity contribution in [1.82, 2.24) is 9.88 Å². The highest BCUT2D eigenvalue weighted by Gasteiger charge is 2.43. The van der Waals surface area contributed by atoms with E-state index in [1.807, 2.05) is 13.1 Å². The zero-order valence-corrected chi connectivity index (χ0v) is 14.8. The number of anilines is 1. The second kappa shape index (κ2) is 5.99. The highest BCUT2D eigenvalue weighted by molar-refractivity contribution is 5.80. The molecule has 3 saturated heterocycles. The fourth-order valence-electron chi connectivity index (χ4n) is 4.86. The molecule has 2 unspecified atom stereocenters. The van der Waals surface area contributed by atoms with Gasteiger partial charge >= 0.3 is 0 Å². The van der Waals surface area contributed by atoms with E-state index in [0.29, 0.717) is 12.0 Å². The van der Waals surface area contributed by atoms with Crippen LogP contribution in [-0.2, 0) is 0 Å². The van der Waals surface area contributed by atoms with Crippen molar-refractivity contribution in [1.29, 1.82) is 0 Å². The molecule has 3 heteroatoms. The van der Waals surface area contributed by atoms with E-state index in [4.69, 9.17) is 0 Å². The predicted octanol–water partition coefficient (Wildman–Crippen LogP) is 4.16. The molecule has 0 amide bonds. The summed E-state index contributed by atoms with van der Waals surface area (Å²) in [5.41, 5.74) is 6.40. The Kier molecular flexibility index (Phi) is 3.63. The Bertz CT molecular complexity index is 801. The van der Waals surface area contributed by atoms with Gasteiger partial charge in [0.2, 0.25) is 0 Å². The maximum Gasteiger partial charge on any atom is 0.0452 e. The number of pyridine rings is 1. The highest BCUT2D eigenvalue weighted by Crippen LogP contribution is 2.46. The summed E-state index contributed by atoms with van der Waals surface area (Å²) in [7, 11) is 0. The van der Waals surface area contributed by atoms with Gasteiger partial charge in [0.25, 0.3) is 0 Å². The lowest BCUT2D eigenvalue weighted by Gasteiger charge is -2.29. The molecule has 2 bridgehead atoms. The lowest BCUT2D eigenvalue weighted by Crippen LogP contribution is -2.33. The van der Waals surface area contributed by atoms with E-state index in [0.717, 1.165) is 17.2 Å². The molecule has 6 rings (SSSR count). The zero-order chi connectivity index (χ0) is 16.8. The van der Waals surface area contributed by atoms with E-state index in [9.17, 15) is 0 Å². The number of hydrogen-bond donors (Lipinski definition) is 1. The summed E-state index contributed by atoms with van der Waals surface area (Å²) in [4.78, 5) is 7.05. The van der Waals surface area contributed by atoms with E-state index < -0.39 is 0 Å². The molecule has 0 aliphatic carbocycles. The first-order valence-corrected chi connectivity index (χ1v) is 9.50. The molecule has 0 radical (unpaired) electrons. The topological polar surface area (TPSA) is 28.2 Å². The van der Waals surface area contributed by atoms with E-state index in [1.165, 1.54) is 49.3 Å². The summed E-state index contributed by atoms with van der Waals surface area (Å²) < 4.78 is 0. The molecule has 1 aromatic heterocycles. The largest absolute Gasteiger partial charge is 0.381 e. The van der Waals surface area contributed by atoms with Crippen LogP contribution in [0.1, 0.15) is 41.1 Å². The molecular formula is C22H25N3. The summed E-state index contributed by atoms with van der Waals surface area (Å²) >= 11 is 0. The fourth-order valence-corrected chi connectivity index (χ4v) is 4.86. The molecule has 0 spiro atoms. The van der Waals surface area contributed by atoms with Crippen molar-refractivity contribution in [2.45, 2.75) is 31.7 Å². The van der Waals surface area contributed by atoms with Crippen LogP contribution >= 0.6 is 0 Å². The Morgan fingerprint density at radius 2 is 2.00 bits per heavy atom. The Balaban J connectivity index is 1.47. The standard InChI is InChI=1S/C22H25N3/c1-15-5-6-16(13-23-15)7-8-17-3-2-4-19-20-14-25-11-9-18(10-12-25)22(20)24-21(17)19/h2-8,13,18,20,22,24H,9-12,14H2,1H3. The lowest BCUT2D eigenvalue weighted by molar-refractivity contribution is 0.220. The number of piperidine rings is 1. The predicted molar refractivity (Wildman–Crippen MR) is 104 cm³/mol. The maximum atomic E-state index is 4.39. The number of hydrogen-bond acceptors (Lipinski definition) is 3. The number of para-hydroxylation sites is 1. The number of rotatable bonds is 2. The molecule has 2 aromatic rings. The van der Waals surface area contributed by atoms with Crippen molar-refractivity contribution in [3.63, 3.8) is 0 Å². The molecule has 2 atom stereocenters. The van der Waals surface area contributed by atoms with Crippen molar-refractivity contribution < 1.29 is 0 Å². The number of benzene rings is 1. The van der Waals surface area contributed by atoms with Gasteiger partial charge in [0.1, 0.15) is 0 Å². The summed E-state index contributed by atoms with van der Waals surface area (Å²) in [6.07, 6.45) is 9.05. The molecule has 128 valence electrons. The highest BCUT2D eigenvalue weighted by atomic mass is 15.2. The summed E-state index contributed by atoms with van der Waals surface area (Å²) in [5.74, 6) is 1.48. The van der Waals surface area contributed by atoms with Crippen LogP contribution in [0.5, 0.6) is 0 Å². The Morgan fingerprint density at radius 3 is 2.80 bits per heavy atom. The average molecular weight is 331 g/mol. The molecule has 3 nitrogen and oxygen atoms in total. The molecule has 5 heterocycles. The second-order valence-corrected chi connectivity index (χ2v) is 7.79. The van der Waals surface area contributed by atoms with Gasteiger partial charge < -0.3 is 10.2 Å². The monoisotopic (exact) mass is 331 g/mol. The van der Waals surface area contributed by atoms with Crippen LogP contribution in [0, 0.1) is 12.8 Å². The quantitative estimate of drug-likeness (QED) is 0.895. The van der Waals surface area contributed by atoms with Gasteiger partial charge in [-0.2, -0.15) is 0 Å². The molecular weight excluding hydrogens is 306 g/mol. The van der Waals surface area contributed by atoms with Crippen LogP contribution in [0.3, 0.4) is 0 Å². The normalized spacial score (nSPS) is 30.0. The first kappa shape index (κ1) is 15.2. The SMILES string of the molecule is Cc1ccc(C=Cc2cccc3c2NC2C4CCN(CC4)CC32)cn1. The molecule has 4 aliphatic rings. The summed E-state index contributed by atoms with van der Waals surface area (Å²) in [5, 5.41) is 3.92. The number of nitrogens with zero attached hydrogens (tertiary/aromatic N) is 2. The third kappa shape index (κ3) is 2.67. The third-order valence-electron chi connectivity index (χ3n) is 6.26. The number of fused-ring (bicyclic) bond motifs is 3. The Labute approximate surface area is 149 Å². The third-order valence-corrected chi connectivity index (χ3v) is 6.26. The fraction of sp³-hybridized carbons (Fsp3) is 0.409. The molecule has 4 aliphatic heterocycles. The first-order chi connectivity index (χ1) is 12.3. The molecule has 1 N–H and O–H groups in total. The van der Waals surface area contributed by atoms with Crippen LogP contribution in [-0.4, -0.2) is 35.6 Å². The van der Waals surface area contributed by atoms with Crippen LogP contribution in [0.4, 0.5) is 5.69 Å². The summed E-state index contributed by atoms with van der Waals surface area (Å²) in [6.45, 7) is 5.81. The van der Waals surface area contributed by atoms with Crippen LogP contribution in [0.2, 0.25) is 0 Å². The van der Waals surface area contributed by atoms with E-state index in [2.05, 4.69) is 57.7 Å². The Hall–Kier alpha value is -2.13. The van der Waals surface area contributed by atoms with Gasteiger partial charge in [0, 0.05) is 36.1 Å². The number of aryl methyl sites for hydroxylation is 1. The molecule has 25 heavy (non-hydrogen) atoms. The van der Waals surface area contributed by atoms with Gasteiger partial charge in [-0.1, -0.05) is 36.4 Å². The maximum absolute atomic E-state index is 4.39. The van der Waals surface area contributed by atoms with Crippen molar-refractivity contribution in [3.8, 4) is 0 Å². The van der Waals surface area contributed by atoms with Gasteiger partial charge in [-0.3, -0.25) is 4.98 Å². The van der Waals surface area contributed by atoms with Gasteiger partial charge in [0.15, 0.2) is 0 Å². The molecule has 3 fully saturated rings. The van der Waals surface area contributed by atoms with Gasteiger partial charge in [-0.25, -0.2) is 0 Å². The van der Waals surface area contributed by atoms with Gasteiger partial charge in [-0.15, -0.1) is 0 Å². The van der Waals surface area contributed by atoms with Crippen molar-refractivity contribution in [2.75, 3.05) is 25.0 Å². The van der Waals surface area contributed by atoms with Crippen LogP contribution in [0.15, 0.2) is 36.5 Å². The number of aromatic nitrogens is 1. The number of nitrogens with one attached hydrogen (secondary N) is 1. The molecule has 0 saturated carbocycles.